The van der Waals surface area contributed by atoms with Crippen LogP contribution in [0.15, 0.2) is 76.5 Å². The first-order valence-corrected chi connectivity index (χ1v) is 10.6. The Kier molecular flexibility index (Phi) is 6.41. The standard InChI is InChI=1S/C24H18N2O6S/c1-31-20-11-15(12-22-24(28)18-7-2-3-8-21(18)33-22)9-10-19(20)32-14-23(27)25-16-5-4-6-17(13-16)26(29)30/h2-13H,14H2,1H3,(H,25,27)/b22-12+. The van der Waals surface area contributed by atoms with E-state index < -0.39 is 10.8 Å². The molecule has 166 valence electrons. The number of nitrogens with zero attached hydrogens (tertiary/aromatic N) is 1. The molecule has 0 radical (unpaired) electrons. The van der Waals surface area contributed by atoms with Gasteiger partial charge in [0.1, 0.15) is 0 Å². The van der Waals surface area contributed by atoms with Crippen LogP contribution in [-0.2, 0) is 4.79 Å². The Balaban J connectivity index is 1.42. The number of rotatable bonds is 7. The van der Waals surface area contributed by atoms with E-state index in [-0.39, 0.29) is 18.1 Å². The van der Waals surface area contributed by atoms with E-state index in [2.05, 4.69) is 5.32 Å². The number of nitro groups is 1. The van der Waals surface area contributed by atoms with E-state index in [1.54, 1.807) is 30.3 Å². The van der Waals surface area contributed by atoms with Crippen LogP contribution in [0.3, 0.4) is 0 Å². The maximum atomic E-state index is 12.6. The number of hydrogen-bond acceptors (Lipinski definition) is 7. The molecule has 1 aliphatic rings. The zero-order valence-electron chi connectivity index (χ0n) is 17.4. The number of allylic oxidation sites excluding steroid dienone is 1. The summed E-state index contributed by atoms with van der Waals surface area (Å²) in [6, 6.07) is 18.2. The summed E-state index contributed by atoms with van der Waals surface area (Å²) in [5.74, 6) is 0.255. The van der Waals surface area contributed by atoms with E-state index in [0.29, 0.717) is 27.7 Å². The first kappa shape index (κ1) is 22.1. The van der Waals surface area contributed by atoms with E-state index in [0.717, 1.165) is 10.5 Å². The molecule has 0 atom stereocenters. The molecular formula is C24H18N2O6S. The van der Waals surface area contributed by atoms with E-state index in [4.69, 9.17) is 9.47 Å². The first-order valence-electron chi connectivity index (χ1n) is 9.83. The molecule has 0 saturated carbocycles. The molecule has 3 aromatic carbocycles. The van der Waals surface area contributed by atoms with Gasteiger partial charge in [-0.3, -0.25) is 19.7 Å². The Morgan fingerprint density at radius 3 is 2.67 bits per heavy atom. The molecular weight excluding hydrogens is 444 g/mol. The van der Waals surface area contributed by atoms with Gasteiger partial charge in [-0.15, -0.1) is 0 Å². The predicted octanol–water partition coefficient (Wildman–Crippen LogP) is 4.95. The molecule has 8 nitrogen and oxygen atoms in total. The molecule has 0 spiro atoms. The Labute approximate surface area is 193 Å². The number of carbonyl (C=O) groups is 2. The van der Waals surface area contributed by atoms with Crippen molar-refractivity contribution in [3.63, 3.8) is 0 Å². The third kappa shape index (κ3) is 5.04. The van der Waals surface area contributed by atoms with Crippen molar-refractivity contribution in [3.05, 3.63) is 92.9 Å². The average molecular weight is 462 g/mol. The van der Waals surface area contributed by atoms with Crippen molar-refractivity contribution in [3.8, 4) is 11.5 Å². The number of ether oxygens (including phenoxy) is 2. The minimum atomic E-state index is -0.537. The van der Waals surface area contributed by atoms with Crippen LogP contribution in [-0.4, -0.2) is 30.3 Å². The quantitative estimate of drug-likeness (QED) is 0.301. The van der Waals surface area contributed by atoms with Crippen LogP contribution in [0.2, 0.25) is 0 Å². The van der Waals surface area contributed by atoms with Crippen LogP contribution >= 0.6 is 11.8 Å². The predicted molar refractivity (Wildman–Crippen MR) is 125 cm³/mol. The highest BCUT2D eigenvalue weighted by atomic mass is 32.2. The largest absolute Gasteiger partial charge is 0.493 e. The Morgan fingerprint density at radius 2 is 1.91 bits per heavy atom. The molecule has 1 amide bonds. The number of nitrogens with one attached hydrogen (secondary N) is 1. The van der Waals surface area contributed by atoms with Gasteiger partial charge in [0.05, 0.1) is 16.9 Å². The van der Waals surface area contributed by atoms with Crippen molar-refractivity contribution in [2.75, 3.05) is 19.0 Å². The van der Waals surface area contributed by atoms with Crippen LogP contribution in [0.1, 0.15) is 15.9 Å². The third-order valence-electron chi connectivity index (χ3n) is 4.76. The van der Waals surface area contributed by atoms with Gasteiger partial charge in [0.25, 0.3) is 11.6 Å². The van der Waals surface area contributed by atoms with Gasteiger partial charge in [0, 0.05) is 28.3 Å². The second-order valence-corrected chi connectivity index (χ2v) is 8.07. The number of Topliss-reactive ketones (excluding diaryl/α,β-unsaturated/α-hetero) is 1. The lowest BCUT2D eigenvalue weighted by molar-refractivity contribution is -0.384. The number of nitro benzene ring substituents is 1. The lowest BCUT2D eigenvalue weighted by Crippen LogP contribution is -2.20. The first-order chi connectivity index (χ1) is 15.9. The van der Waals surface area contributed by atoms with Gasteiger partial charge in [0.2, 0.25) is 5.78 Å². The van der Waals surface area contributed by atoms with E-state index in [1.165, 1.54) is 37.1 Å². The summed E-state index contributed by atoms with van der Waals surface area (Å²) in [4.78, 5) is 36.7. The second-order valence-electron chi connectivity index (χ2n) is 6.99. The lowest BCUT2D eigenvalue weighted by Gasteiger charge is -2.12. The van der Waals surface area contributed by atoms with Crippen molar-refractivity contribution in [2.24, 2.45) is 0 Å². The highest BCUT2D eigenvalue weighted by molar-refractivity contribution is 8.04. The van der Waals surface area contributed by atoms with Gasteiger partial charge in [-0.1, -0.05) is 36.0 Å². The van der Waals surface area contributed by atoms with E-state index >= 15 is 0 Å². The number of thioether (sulfide) groups is 1. The average Bonchev–Trinajstić information content (AvgIpc) is 3.13. The SMILES string of the molecule is COc1cc(/C=C2/Sc3ccccc3C2=O)ccc1OCC(=O)Nc1cccc([N+](=O)[O-])c1. The fraction of sp³-hybridized carbons (Fsp3) is 0.0833. The minimum Gasteiger partial charge on any atom is -0.493 e. The minimum absolute atomic E-state index is 0.0206. The number of carbonyl (C=O) groups excluding carboxylic acids is 2. The van der Waals surface area contributed by atoms with Crippen LogP contribution in [0.4, 0.5) is 11.4 Å². The van der Waals surface area contributed by atoms with Crippen LogP contribution in [0.25, 0.3) is 6.08 Å². The maximum absolute atomic E-state index is 12.6. The number of hydrogen-bond donors (Lipinski definition) is 1. The molecule has 0 bridgehead atoms. The number of methoxy groups -OCH3 is 1. The van der Waals surface area contributed by atoms with Gasteiger partial charge in [-0.05, 0) is 42.0 Å². The fourth-order valence-electron chi connectivity index (χ4n) is 3.22. The summed E-state index contributed by atoms with van der Waals surface area (Å²) in [5.41, 5.74) is 1.62. The number of amides is 1. The molecule has 0 aromatic heterocycles. The molecule has 3 aromatic rings. The highest BCUT2D eigenvalue weighted by Gasteiger charge is 2.25. The summed E-state index contributed by atoms with van der Waals surface area (Å²) in [6.07, 6.45) is 1.79. The molecule has 0 saturated heterocycles. The molecule has 0 aliphatic carbocycles. The summed E-state index contributed by atoms with van der Waals surface area (Å²) in [6.45, 7) is -0.316. The number of benzene rings is 3. The summed E-state index contributed by atoms with van der Waals surface area (Å²) < 4.78 is 11.0. The summed E-state index contributed by atoms with van der Waals surface area (Å²) >= 11 is 1.42. The zero-order chi connectivity index (χ0) is 23.4. The molecule has 1 N–H and O–H groups in total. The molecule has 1 heterocycles. The second kappa shape index (κ2) is 9.58. The number of non-ortho nitro benzene ring substituents is 1. The van der Waals surface area contributed by atoms with E-state index in [9.17, 15) is 19.7 Å². The lowest BCUT2D eigenvalue weighted by atomic mass is 10.1. The van der Waals surface area contributed by atoms with Gasteiger partial charge in [0.15, 0.2) is 18.1 Å². The highest BCUT2D eigenvalue weighted by Crippen LogP contribution is 2.41. The van der Waals surface area contributed by atoms with Crippen molar-refractivity contribution in [1.82, 2.24) is 0 Å². The smallest absolute Gasteiger partial charge is 0.271 e. The molecule has 33 heavy (non-hydrogen) atoms. The van der Waals surface area contributed by atoms with Gasteiger partial charge in [-0.2, -0.15) is 0 Å². The molecule has 1 aliphatic heterocycles. The monoisotopic (exact) mass is 462 g/mol. The Hall–Kier alpha value is -4.11. The fourth-order valence-corrected chi connectivity index (χ4v) is 4.27. The van der Waals surface area contributed by atoms with Crippen molar-refractivity contribution < 1.29 is 24.0 Å². The van der Waals surface area contributed by atoms with Crippen molar-refractivity contribution in [1.29, 1.82) is 0 Å². The zero-order valence-corrected chi connectivity index (χ0v) is 18.3. The molecule has 4 rings (SSSR count). The molecule has 0 fully saturated rings. The molecule has 9 heteroatoms. The Bertz CT molecular complexity index is 1290. The van der Waals surface area contributed by atoms with Gasteiger partial charge >= 0.3 is 0 Å². The Morgan fingerprint density at radius 1 is 1.09 bits per heavy atom. The van der Waals surface area contributed by atoms with Crippen LogP contribution in [0.5, 0.6) is 11.5 Å². The van der Waals surface area contributed by atoms with Crippen molar-refractivity contribution in [2.45, 2.75) is 4.90 Å². The maximum Gasteiger partial charge on any atom is 0.271 e. The number of ketones is 1. The topological polar surface area (TPSA) is 108 Å². The van der Waals surface area contributed by atoms with Gasteiger partial charge in [-0.25, -0.2) is 0 Å². The van der Waals surface area contributed by atoms with Crippen molar-refractivity contribution >= 4 is 40.9 Å². The normalized spacial score (nSPS) is 13.5. The summed E-state index contributed by atoms with van der Waals surface area (Å²) in [7, 11) is 1.48. The third-order valence-corrected chi connectivity index (χ3v) is 5.86. The summed E-state index contributed by atoms with van der Waals surface area (Å²) in [5, 5.41) is 13.4. The van der Waals surface area contributed by atoms with Gasteiger partial charge < -0.3 is 14.8 Å². The van der Waals surface area contributed by atoms with Crippen LogP contribution < -0.4 is 14.8 Å². The number of anilines is 1. The molecule has 0 unspecified atom stereocenters. The number of fused-ring (bicyclic) bond motifs is 1. The van der Waals surface area contributed by atoms with Crippen LogP contribution in [0, 0.1) is 10.1 Å². The van der Waals surface area contributed by atoms with E-state index in [1.807, 2.05) is 24.3 Å².